The summed E-state index contributed by atoms with van der Waals surface area (Å²) in [5, 5.41) is 0. The number of hydrogen-bond acceptors (Lipinski definition) is 2. The molecule has 1 heterocycles. The molecule has 0 bridgehead atoms. The largest absolute Gasteiger partial charge is 0.359 e. The van der Waals surface area contributed by atoms with E-state index in [1.165, 1.54) is 16.8 Å². The quantitative estimate of drug-likeness (QED) is 0.860. The van der Waals surface area contributed by atoms with Gasteiger partial charge >= 0.3 is 0 Å². The molecule has 1 aliphatic heterocycles. The molecule has 3 heteroatoms. The molecule has 0 saturated carbocycles. The van der Waals surface area contributed by atoms with E-state index in [1.54, 1.807) is 0 Å². The van der Waals surface area contributed by atoms with E-state index in [9.17, 15) is 4.79 Å². The minimum atomic E-state index is 0.0804. The Morgan fingerprint density at radius 2 is 1.83 bits per heavy atom. The van der Waals surface area contributed by atoms with Crippen molar-refractivity contribution in [1.29, 1.82) is 0 Å². The number of hydrogen-bond donors (Lipinski definition) is 0. The van der Waals surface area contributed by atoms with Crippen LogP contribution in [-0.4, -0.2) is 30.4 Å². The molecule has 3 rings (SSSR count). The van der Waals surface area contributed by atoms with E-state index in [2.05, 4.69) is 49.1 Å². The molecule has 2 atom stereocenters. The number of amides is 1. The lowest BCUT2D eigenvalue weighted by Gasteiger charge is -2.30. The fourth-order valence-corrected chi connectivity index (χ4v) is 3.30. The number of fused-ring (bicyclic) bond motifs is 1. The lowest BCUT2D eigenvalue weighted by Crippen LogP contribution is -2.41. The van der Waals surface area contributed by atoms with Gasteiger partial charge in [-0.15, -0.1) is 0 Å². The Morgan fingerprint density at radius 3 is 2.57 bits per heavy atom. The first kappa shape index (κ1) is 15.6. The maximum atomic E-state index is 12.8. The van der Waals surface area contributed by atoms with Crippen LogP contribution in [0.4, 0.5) is 5.69 Å². The third-order valence-corrected chi connectivity index (χ3v) is 4.91. The fraction of sp³-hybridized carbons (Fsp3) is 0.350. The standard InChI is InChI=1S/C20H24N2O/c1-15-13-18-11-7-8-12-19(18)22(15)14-20(23)21(3)16(2)17-9-5-4-6-10-17/h4-12,15-16H,13-14H2,1-3H3/t15-,16-/m1/s1. The van der Waals surface area contributed by atoms with E-state index in [4.69, 9.17) is 0 Å². The summed E-state index contributed by atoms with van der Waals surface area (Å²) in [4.78, 5) is 16.8. The van der Waals surface area contributed by atoms with Gasteiger partial charge in [0, 0.05) is 18.8 Å². The van der Waals surface area contributed by atoms with Gasteiger partial charge in [0.15, 0.2) is 0 Å². The minimum Gasteiger partial charge on any atom is -0.359 e. The predicted molar refractivity (Wildman–Crippen MR) is 94.6 cm³/mol. The van der Waals surface area contributed by atoms with Gasteiger partial charge in [0.25, 0.3) is 0 Å². The molecule has 0 N–H and O–H groups in total. The average Bonchev–Trinajstić information content (AvgIpc) is 2.90. The second kappa shape index (κ2) is 6.45. The summed E-state index contributed by atoms with van der Waals surface area (Å²) in [6.07, 6.45) is 1.02. The summed E-state index contributed by atoms with van der Waals surface area (Å²) in [6.45, 7) is 4.70. The van der Waals surface area contributed by atoms with Crippen molar-refractivity contribution in [3.63, 3.8) is 0 Å². The predicted octanol–water partition coefficient (Wildman–Crippen LogP) is 3.66. The van der Waals surface area contributed by atoms with Gasteiger partial charge in [0.1, 0.15) is 0 Å². The minimum absolute atomic E-state index is 0.0804. The lowest BCUT2D eigenvalue weighted by molar-refractivity contribution is -0.130. The molecule has 0 saturated heterocycles. The third kappa shape index (κ3) is 3.09. The second-order valence-electron chi connectivity index (χ2n) is 6.40. The van der Waals surface area contributed by atoms with Crippen LogP contribution in [0.3, 0.4) is 0 Å². The molecular weight excluding hydrogens is 284 g/mol. The molecule has 1 aliphatic rings. The van der Waals surface area contributed by atoms with Crippen LogP contribution in [0.15, 0.2) is 54.6 Å². The summed E-state index contributed by atoms with van der Waals surface area (Å²) in [5.41, 5.74) is 3.71. The zero-order valence-electron chi connectivity index (χ0n) is 14.1. The first-order valence-corrected chi connectivity index (χ1v) is 8.23. The molecular formula is C20H24N2O. The van der Waals surface area contributed by atoms with E-state index < -0.39 is 0 Å². The summed E-state index contributed by atoms with van der Waals surface area (Å²) >= 11 is 0. The summed E-state index contributed by atoms with van der Waals surface area (Å²) in [5.74, 6) is 0.157. The van der Waals surface area contributed by atoms with Gasteiger partial charge in [-0.2, -0.15) is 0 Å². The number of carbonyl (C=O) groups excluding carboxylic acids is 1. The van der Waals surface area contributed by atoms with Gasteiger partial charge in [-0.25, -0.2) is 0 Å². The van der Waals surface area contributed by atoms with Crippen molar-refractivity contribution >= 4 is 11.6 Å². The maximum Gasteiger partial charge on any atom is 0.242 e. The Morgan fingerprint density at radius 1 is 1.17 bits per heavy atom. The number of likely N-dealkylation sites (N-methyl/N-ethyl adjacent to an activating group) is 1. The highest BCUT2D eigenvalue weighted by Gasteiger charge is 2.28. The highest BCUT2D eigenvalue weighted by molar-refractivity contribution is 5.83. The van der Waals surface area contributed by atoms with E-state index in [0.29, 0.717) is 12.6 Å². The Balaban J connectivity index is 1.72. The number of benzene rings is 2. The topological polar surface area (TPSA) is 23.6 Å². The Kier molecular flexibility index (Phi) is 4.37. The van der Waals surface area contributed by atoms with Crippen LogP contribution in [0.25, 0.3) is 0 Å². The lowest BCUT2D eigenvalue weighted by atomic mass is 10.1. The number of para-hydroxylation sites is 1. The van der Waals surface area contributed by atoms with E-state index in [-0.39, 0.29) is 11.9 Å². The fourth-order valence-electron chi connectivity index (χ4n) is 3.30. The number of carbonyl (C=O) groups is 1. The van der Waals surface area contributed by atoms with Crippen molar-refractivity contribution in [2.24, 2.45) is 0 Å². The Bertz CT molecular complexity index is 683. The third-order valence-electron chi connectivity index (χ3n) is 4.91. The van der Waals surface area contributed by atoms with Crippen molar-refractivity contribution in [1.82, 2.24) is 4.90 Å². The molecule has 0 aliphatic carbocycles. The summed E-state index contributed by atoms with van der Waals surface area (Å²) in [7, 11) is 1.90. The molecule has 2 aromatic rings. The monoisotopic (exact) mass is 308 g/mol. The van der Waals surface area contributed by atoms with Crippen LogP contribution in [0.5, 0.6) is 0 Å². The van der Waals surface area contributed by atoms with Crippen LogP contribution in [-0.2, 0) is 11.2 Å². The highest BCUT2D eigenvalue weighted by atomic mass is 16.2. The normalized spacial score (nSPS) is 17.7. The van der Waals surface area contributed by atoms with Crippen molar-refractivity contribution in [2.75, 3.05) is 18.5 Å². The number of rotatable bonds is 4. The van der Waals surface area contributed by atoms with Crippen LogP contribution < -0.4 is 4.90 Å². The van der Waals surface area contributed by atoms with Crippen LogP contribution >= 0.6 is 0 Å². The molecule has 0 fully saturated rings. The second-order valence-corrected chi connectivity index (χ2v) is 6.40. The molecule has 0 aromatic heterocycles. The van der Waals surface area contributed by atoms with Gasteiger partial charge in [-0.3, -0.25) is 4.79 Å². The van der Waals surface area contributed by atoms with Crippen LogP contribution in [0.1, 0.15) is 31.0 Å². The first-order chi connectivity index (χ1) is 11.1. The van der Waals surface area contributed by atoms with Gasteiger partial charge in [0.2, 0.25) is 5.91 Å². The first-order valence-electron chi connectivity index (χ1n) is 8.23. The molecule has 3 nitrogen and oxygen atoms in total. The van der Waals surface area contributed by atoms with Crippen molar-refractivity contribution < 1.29 is 4.79 Å². The number of nitrogens with zero attached hydrogens (tertiary/aromatic N) is 2. The van der Waals surface area contributed by atoms with Crippen LogP contribution in [0, 0.1) is 0 Å². The molecule has 120 valence electrons. The summed E-state index contributed by atoms with van der Waals surface area (Å²) in [6, 6.07) is 19.0. The molecule has 23 heavy (non-hydrogen) atoms. The zero-order valence-corrected chi connectivity index (χ0v) is 14.1. The zero-order chi connectivity index (χ0) is 16.4. The van der Waals surface area contributed by atoms with Gasteiger partial charge < -0.3 is 9.80 Å². The number of anilines is 1. The Hall–Kier alpha value is -2.29. The van der Waals surface area contributed by atoms with E-state index >= 15 is 0 Å². The van der Waals surface area contributed by atoms with Crippen LogP contribution in [0.2, 0.25) is 0 Å². The van der Waals surface area contributed by atoms with Crippen molar-refractivity contribution in [2.45, 2.75) is 32.4 Å². The SMILES string of the molecule is C[C@H](c1ccccc1)N(C)C(=O)CN1c2ccccc2C[C@H]1C. The van der Waals surface area contributed by atoms with Gasteiger partial charge in [-0.1, -0.05) is 48.5 Å². The Labute approximate surface area is 138 Å². The molecule has 0 spiro atoms. The van der Waals surface area contributed by atoms with Crippen molar-refractivity contribution in [3.8, 4) is 0 Å². The molecule has 1 amide bonds. The van der Waals surface area contributed by atoms with Crippen molar-refractivity contribution in [3.05, 3.63) is 65.7 Å². The molecule has 2 aromatic carbocycles. The average molecular weight is 308 g/mol. The summed E-state index contributed by atoms with van der Waals surface area (Å²) < 4.78 is 0. The highest BCUT2D eigenvalue weighted by Crippen LogP contribution is 2.31. The van der Waals surface area contributed by atoms with E-state index in [1.807, 2.05) is 36.2 Å². The van der Waals surface area contributed by atoms with E-state index in [0.717, 1.165) is 6.42 Å². The van der Waals surface area contributed by atoms with Gasteiger partial charge in [-0.05, 0) is 37.5 Å². The molecule has 0 radical (unpaired) electrons. The molecule has 0 unspecified atom stereocenters. The maximum absolute atomic E-state index is 12.8. The smallest absolute Gasteiger partial charge is 0.242 e. The van der Waals surface area contributed by atoms with Gasteiger partial charge in [0.05, 0.1) is 12.6 Å².